The van der Waals surface area contributed by atoms with E-state index in [9.17, 15) is 19.5 Å². The average molecular weight is 547 g/mol. The van der Waals surface area contributed by atoms with Crippen molar-refractivity contribution in [3.8, 4) is 5.75 Å². The van der Waals surface area contributed by atoms with Gasteiger partial charge in [-0.05, 0) is 62.0 Å². The molecule has 0 saturated carbocycles. The number of ether oxygens (including phenoxy) is 1. The number of aliphatic hydroxyl groups is 1. The van der Waals surface area contributed by atoms with E-state index in [0.717, 1.165) is 5.56 Å². The molecule has 0 unspecified atom stereocenters. The van der Waals surface area contributed by atoms with Crippen molar-refractivity contribution in [3.63, 3.8) is 0 Å². The van der Waals surface area contributed by atoms with Crippen LogP contribution in [0.15, 0.2) is 67.0 Å². The number of hydrogen-bond acceptors (Lipinski definition) is 7. The number of likely N-dealkylation sites (N-methyl/N-ethyl adjacent to an activating group) is 1. The van der Waals surface area contributed by atoms with Crippen molar-refractivity contribution >= 4 is 23.5 Å². The molecule has 3 N–H and O–H groups in total. The van der Waals surface area contributed by atoms with Gasteiger partial charge >= 0.3 is 5.97 Å². The Morgan fingerprint density at radius 2 is 1.82 bits per heavy atom. The minimum Gasteiger partial charge on any atom is -0.488 e. The Bertz CT molecular complexity index is 1350. The summed E-state index contributed by atoms with van der Waals surface area (Å²) in [7, 11) is 1.96. The number of fused-ring (bicyclic) bond motifs is 1. The first-order chi connectivity index (χ1) is 19.2. The lowest BCUT2D eigenvalue weighted by molar-refractivity contribution is 0.0341. The second kappa shape index (κ2) is 12.7. The van der Waals surface area contributed by atoms with Crippen molar-refractivity contribution in [1.29, 1.82) is 0 Å². The Morgan fingerprint density at radius 3 is 2.48 bits per heavy atom. The molecular formula is C30H34N4O6. The Labute approximate surface area is 233 Å². The van der Waals surface area contributed by atoms with E-state index in [1.54, 1.807) is 66.4 Å². The van der Waals surface area contributed by atoms with E-state index in [1.807, 2.05) is 14.0 Å². The largest absolute Gasteiger partial charge is 0.488 e. The number of aromatic nitrogens is 1. The monoisotopic (exact) mass is 546 g/mol. The molecular weight excluding hydrogens is 512 g/mol. The second-order valence-electron chi connectivity index (χ2n) is 10.2. The van der Waals surface area contributed by atoms with Gasteiger partial charge in [0, 0.05) is 49.2 Å². The van der Waals surface area contributed by atoms with Gasteiger partial charge in [-0.15, -0.1) is 0 Å². The lowest BCUT2D eigenvalue weighted by atomic mass is 9.99. The minimum absolute atomic E-state index is 0.0611. The van der Waals surface area contributed by atoms with E-state index in [-0.39, 0.29) is 36.0 Å². The maximum atomic E-state index is 13.7. The zero-order chi connectivity index (χ0) is 28.8. The zero-order valence-electron chi connectivity index (χ0n) is 22.8. The highest BCUT2D eigenvalue weighted by Crippen LogP contribution is 2.31. The molecule has 0 fully saturated rings. The molecule has 1 aromatic heterocycles. The van der Waals surface area contributed by atoms with E-state index in [1.165, 1.54) is 12.4 Å². The maximum absolute atomic E-state index is 13.7. The zero-order valence-corrected chi connectivity index (χ0v) is 22.8. The van der Waals surface area contributed by atoms with Gasteiger partial charge < -0.3 is 25.2 Å². The van der Waals surface area contributed by atoms with Gasteiger partial charge in [-0.2, -0.15) is 0 Å². The standard InChI is InChI=1S/C30H34N4O6/c1-19-15-34(20(2)18-35)29(37)25-14-24(32-28(36)22-10-12-31-13-11-22)8-9-26(25)40-27(19)17-33(3)16-21-4-6-23(7-5-21)30(38)39/h4-14,19-20,27,35H,15-18H2,1-3H3,(H,32,36)(H,38,39)/t19-,20+,27-/m0/s1. The van der Waals surface area contributed by atoms with Crippen LogP contribution in [0.25, 0.3) is 0 Å². The van der Waals surface area contributed by atoms with Gasteiger partial charge in [-0.1, -0.05) is 19.1 Å². The summed E-state index contributed by atoms with van der Waals surface area (Å²) in [6.07, 6.45) is 2.77. The summed E-state index contributed by atoms with van der Waals surface area (Å²) in [5, 5.41) is 21.9. The molecule has 0 aliphatic carbocycles. The summed E-state index contributed by atoms with van der Waals surface area (Å²) in [6, 6.07) is 14.5. The molecule has 40 heavy (non-hydrogen) atoms. The molecule has 1 aliphatic rings. The number of pyridine rings is 1. The third-order valence-electron chi connectivity index (χ3n) is 7.01. The lowest BCUT2D eigenvalue weighted by Gasteiger charge is -2.38. The van der Waals surface area contributed by atoms with E-state index < -0.39 is 12.0 Å². The number of anilines is 1. The predicted molar refractivity (Wildman–Crippen MR) is 150 cm³/mol. The van der Waals surface area contributed by atoms with E-state index in [2.05, 4.69) is 15.2 Å². The summed E-state index contributed by atoms with van der Waals surface area (Å²) in [5.41, 5.74) is 2.39. The Morgan fingerprint density at radius 1 is 1.12 bits per heavy atom. The fourth-order valence-corrected chi connectivity index (χ4v) is 4.66. The summed E-state index contributed by atoms with van der Waals surface area (Å²) >= 11 is 0. The third-order valence-corrected chi connectivity index (χ3v) is 7.01. The number of amides is 2. The molecule has 2 aromatic carbocycles. The van der Waals surface area contributed by atoms with E-state index >= 15 is 0 Å². The number of nitrogens with one attached hydrogen (secondary N) is 1. The first-order valence-electron chi connectivity index (χ1n) is 13.1. The van der Waals surface area contributed by atoms with Crippen LogP contribution in [-0.4, -0.2) is 81.7 Å². The van der Waals surface area contributed by atoms with Gasteiger partial charge in [-0.25, -0.2) is 4.79 Å². The molecule has 2 heterocycles. The highest BCUT2D eigenvalue weighted by atomic mass is 16.5. The topological polar surface area (TPSA) is 132 Å². The minimum atomic E-state index is -0.966. The second-order valence-corrected chi connectivity index (χ2v) is 10.2. The number of carboxylic acid groups (broad SMARTS) is 1. The number of aromatic carboxylic acids is 1. The quantitative estimate of drug-likeness (QED) is 0.372. The molecule has 1 aliphatic heterocycles. The van der Waals surface area contributed by atoms with Gasteiger partial charge in [-0.3, -0.25) is 19.5 Å². The van der Waals surface area contributed by atoms with Crippen LogP contribution in [0.2, 0.25) is 0 Å². The van der Waals surface area contributed by atoms with Crippen LogP contribution in [0.5, 0.6) is 5.75 Å². The normalized spacial score (nSPS) is 17.8. The molecule has 0 bridgehead atoms. The van der Waals surface area contributed by atoms with E-state index in [0.29, 0.717) is 42.2 Å². The number of carboxylic acids is 1. The van der Waals surface area contributed by atoms with Gasteiger partial charge in [0.25, 0.3) is 11.8 Å². The molecule has 10 nitrogen and oxygen atoms in total. The number of rotatable bonds is 9. The van der Waals surface area contributed by atoms with Crippen LogP contribution in [-0.2, 0) is 6.54 Å². The molecule has 3 atom stereocenters. The van der Waals surface area contributed by atoms with Crippen LogP contribution in [0.1, 0.15) is 50.5 Å². The van der Waals surface area contributed by atoms with Crippen molar-refractivity contribution in [2.45, 2.75) is 32.5 Å². The highest BCUT2D eigenvalue weighted by Gasteiger charge is 2.33. The number of carbonyl (C=O) groups excluding carboxylic acids is 2. The van der Waals surface area contributed by atoms with Crippen molar-refractivity contribution in [3.05, 3.63) is 89.2 Å². The molecule has 0 spiro atoms. The Balaban J connectivity index is 1.57. The third kappa shape index (κ3) is 6.83. The number of carbonyl (C=O) groups is 3. The van der Waals surface area contributed by atoms with Crippen molar-refractivity contribution in [2.24, 2.45) is 5.92 Å². The van der Waals surface area contributed by atoms with Crippen LogP contribution in [0, 0.1) is 5.92 Å². The van der Waals surface area contributed by atoms with E-state index in [4.69, 9.17) is 9.84 Å². The molecule has 10 heteroatoms. The summed E-state index contributed by atoms with van der Waals surface area (Å²) in [4.78, 5) is 45.2. The Hall–Kier alpha value is -4.28. The van der Waals surface area contributed by atoms with Crippen molar-refractivity contribution in [2.75, 3.05) is 32.1 Å². The molecule has 0 radical (unpaired) electrons. The highest BCUT2D eigenvalue weighted by molar-refractivity contribution is 6.05. The molecule has 3 aromatic rings. The number of hydrogen-bond donors (Lipinski definition) is 3. The average Bonchev–Trinajstić information content (AvgIpc) is 2.95. The van der Waals surface area contributed by atoms with Crippen LogP contribution in [0.3, 0.4) is 0 Å². The first-order valence-corrected chi connectivity index (χ1v) is 13.1. The first kappa shape index (κ1) is 28.7. The smallest absolute Gasteiger partial charge is 0.335 e. The summed E-state index contributed by atoms with van der Waals surface area (Å²) in [5.74, 6) is -1.24. The van der Waals surface area contributed by atoms with Gasteiger partial charge in [0.1, 0.15) is 11.9 Å². The van der Waals surface area contributed by atoms with Gasteiger partial charge in [0.15, 0.2) is 0 Å². The number of benzene rings is 2. The maximum Gasteiger partial charge on any atom is 0.335 e. The summed E-state index contributed by atoms with van der Waals surface area (Å²) < 4.78 is 6.43. The van der Waals surface area contributed by atoms with Gasteiger partial charge in [0.2, 0.25) is 0 Å². The van der Waals surface area contributed by atoms with Crippen LogP contribution >= 0.6 is 0 Å². The molecule has 0 saturated heterocycles. The van der Waals surface area contributed by atoms with Crippen molar-refractivity contribution < 1.29 is 29.3 Å². The fourth-order valence-electron chi connectivity index (χ4n) is 4.66. The molecule has 4 rings (SSSR count). The van der Waals surface area contributed by atoms with Gasteiger partial charge in [0.05, 0.1) is 23.8 Å². The SMILES string of the molecule is C[C@H](CO)N1C[C@H](C)[C@H](CN(C)Cc2ccc(C(=O)O)cc2)Oc2ccc(NC(=O)c3ccncc3)cc2C1=O. The van der Waals surface area contributed by atoms with Crippen LogP contribution < -0.4 is 10.1 Å². The molecule has 2 amide bonds. The molecule has 210 valence electrons. The Kier molecular flexibility index (Phi) is 9.13. The number of aliphatic hydroxyl groups excluding tert-OH is 1. The fraction of sp³-hybridized carbons (Fsp3) is 0.333. The number of nitrogens with zero attached hydrogens (tertiary/aromatic N) is 3. The van der Waals surface area contributed by atoms with Crippen molar-refractivity contribution in [1.82, 2.24) is 14.8 Å². The van der Waals surface area contributed by atoms with Crippen LogP contribution in [0.4, 0.5) is 5.69 Å². The predicted octanol–water partition coefficient (Wildman–Crippen LogP) is 3.38. The summed E-state index contributed by atoms with van der Waals surface area (Å²) in [6.45, 7) is 5.11. The lowest BCUT2D eigenvalue weighted by Crippen LogP contribution is -2.49.